The van der Waals surface area contributed by atoms with Crippen LogP contribution in [-0.2, 0) is 11.2 Å². The van der Waals surface area contributed by atoms with Crippen molar-refractivity contribution >= 4 is 27.5 Å². The quantitative estimate of drug-likeness (QED) is 0.737. The van der Waals surface area contributed by atoms with Gasteiger partial charge in [0, 0.05) is 16.1 Å². The van der Waals surface area contributed by atoms with Crippen molar-refractivity contribution in [2.45, 2.75) is 13.3 Å². The van der Waals surface area contributed by atoms with Crippen LogP contribution in [0.1, 0.15) is 12.5 Å². The third-order valence-corrected chi connectivity index (χ3v) is 3.61. The molecule has 2 aromatic carbocycles. The summed E-state index contributed by atoms with van der Waals surface area (Å²) in [5, 5.41) is 21.6. The van der Waals surface area contributed by atoms with Crippen molar-refractivity contribution in [1.82, 2.24) is 0 Å². The zero-order chi connectivity index (χ0) is 15.4. The smallest absolute Gasteiger partial charge is 0.227 e. The number of rotatable bonds is 4. The van der Waals surface area contributed by atoms with Gasteiger partial charge in [0.1, 0.15) is 0 Å². The molecule has 3 N–H and O–H groups in total. The second-order valence-electron chi connectivity index (χ2n) is 4.93. The minimum atomic E-state index is -0.257. The minimum Gasteiger partial charge on any atom is -0.504 e. The lowest BCUT2D eigenvalue weighted by atomic mass is 10.00. The fourth-order valence-electron chi connectivity index (χ4n) is 1.97. The number of hydrogen-bond donors (Lipinski definition) is 3. The first-order valence-electron chi connectivity index (χ1n) is 6.53. The van der Waals surface area contributed by atoms with Gasteiger partial charge >= 0.3 is 0 Å². The van der Waals surface area contributed by atoms with Crippen molar-refractivity contribution < 1.29 is 15.0 Å². The molecule has 2 aromatic rings. The highest BCUT2D eigenvalue weighted by molar-refractivity contribution is 9.10. The summed E-state index contributed by atoms with van der Waals surface area (Å²) in [6, 6.07) is 12.0. The number of phenolic OH excluding ortho intramolecular Hbond substituents is 2. The number of halogens is 1. The average Bonchev–Trinajstić information content (AvgIpc) is 2.43. The Balaban J connectivity index is 2.00. The van der Waals surface area contributed by atoms with Crippen LogP contribution in [0.3, 0.4) is 0 Å². The largest absolute Gasteiger partial charge is 0.504 e. The van der Waals surface area contributed by atoms with Crippen LogP contribution in [-0.4, -0.2) is 16.1 Å². The van der Waals surface area contributed by atoms with E-state index in [2.05, 4.69) is 21.2 Å². The van der Waals surface area contributed by atoms with E-state index in [1.807, 2.05) is 31.2 Å². The molecule has 110 valence electrons. The predicted octanol–water partition coefficient (Wildman–Crippen LogP) is 3.68. The molecular weight excluding hydrogens is 334 g/mol. The second kappa shape index (κ2) is 6.63. The Morgan fingerprint density at radius 1 is 1.19 bits per heavy atom. The Bertz CT molecular complexity index is 658. The van der Waals surface area contributed by atoms with E-state index in [0.29, 0.717) is 6.42 Å². The van der Waals surface area contributed by atoms with Crippen molar-refractivity contribution in [2.75, 3.05) is 5.32 Å². The Labute approximate surface area is 131 Å². The van der Waals surface area contributed by atoms with Crippen LogP contribution < -0.4 is 5.32 Å². The van der Waals surface area contributed by atoms with Gasteiger partial charge in [-0.15, -0.1) is 0 Å². The van der Waals surface area contributed by atoms with Gasteiger partial charge in [-0.05, 0) is 42.3 Å². The lowest BCUT2D eigenvalue weighted by Gasteiger charge is -2.13. The molecule has 21 heavy (non-hydrogen) atoms. The number of aromatic hydroxyl groups is 2. The summed E-state index contributed by atoms with van der Waals surface area (Å²) < 4.78 is 0.899. The van der Waals surface area contributed by atoms with Gasteiger partial charge in [0.2, 0.25) is 5.91 Å². The van der Waals surface area contributed by atoms with Gasteiger partial charge in [0.05, 0.1) is 0 Å². The fraction of sp³-hybridized carbons (Fsp3) is 0.188. The van der Waals surface area contributed by atoms with Crippen LogP contribution in [0.15, 0.2) is 46.9 Å². The van der Waals surface area contributed by atoms with E-state index in [-0.39, 0.29) is 23.3 Å². The lowest BCUT2D eigenvalue weighted by molar-refractivity contribution is -0.119. The molecule has 2 rings (SSSR count). The fourth-order valence-corrected chi connectivity index (χ4v) is 2.37. The molecule has 0 aromatic heterocycles. The molecule has 0 aliphatic heterocycles. The number of hydrogen-bond acceptors (Lipinski definition) is 3. The minimum absolute atomic E-state index is 0.0966. The summed E-state index contributed by atoms with van der Waals surface area (Å²) in [5.41, 5.74) is 1.52. The molecule has 0 spiro atoms. The van der Waals surface area contributed by atoms with E-state index < -0.39 is 0 Å². The molecule has 0 heterocycles. The summed E-state index contributed by atoms with van der Waals surface area (Å²) in [6.45, 7) is 1.82. The van der Waals surface area contributed by atoms with Gasteiger partial charge in [-0.3, -0.25) is 4.79 Å². The molecule has 0 saturated heterocycles. The second-order valence-corrected chi connectivity index (χ2v) is 5.84. The normalized spacial score (nSPS) is 11.9. The molecule has 0 radical (unpaired) electrons. The van der Waals surface area contributed by atoms with E-state index in [1.165, 1.54) is 12.1 Å². The summed E-state index contributed by atoms with van der Waals surface area (Å²) in [5.74, 6) is -0.689. The number of carbonyl (C=O) groups is 1. The average molecular weight is 350 g/mol. The van der Waals surface area contributed by atoms with Gasteiger partial charge < -0.3 is 15.5 Å². The molecule has 1 unspecified atom stereocenters. The van der Waals surface area contributed by atoms with Crippen molar-refractivity contribution in [3.05, 3.63) is 52.5 Å². The van der Waals surface area contributed by atoms with Crippen molar-refractivity contribution in [2.24, 2.45) is 5.92 Å². The van der Waals surface area contributed by atoms with Crippen LogP contribution in [0.4, 0.5) is 5.69 Å². The number of anilines is 1. The molecule has 4 nitrogen and oxygen atoms in total. The van der Waals surface area contributed by atoms with E-state index in [1.54, 1.807) is 6.07 Å². The Hall–Kier alpha value is -2.01. The molecule has 5 heteroatoms. The summed E-state index contributed by atoms with van der Waals surface area (Å²) in [4.78, 5) is 12.1. The molecule has 0 aliphatic rings. The molecule has 0 fully saturated rings. The predicted molar refractivity (Wildman–Crippen MR) is 85.4 cm³/mol. The van der Waals surface area contributed by atoms with Crippen LogP contribution in [0.5, 0.6) is 11.5 Å². The third-order valence-electron chi connectivity index (χ3n) is 3.12. The highest BCUT2D eigenvalue weighted by Gasteiger charge is 2.14. The van der Waals surface area contributed by atoms with E-state index in [9.17, 15) is 15.0 Å². The zero-order valence-electron chi connectivity index (χ0n) is 11.5. The first-order chi connectivity index (χ1) is 9.95. The van der Waals surface area contributed by atoms with Crippen LogP contribution in [0.2, 0.25) is 0 Å². The first-order valence-corrected chi connectivity index (χ1v) is 7.32. The highest BCUT2D eigenvalue weighted by atomic mass is 79.9. The van der Waals surface area contributed by atoms with E-state index in [4.69, 9.17) is 0 Å². The number of carbonyl (C=O) groups excluding carboxylic acids is 1. The molecular formula is C16H16BrNO3. The summed E-state index contributed by atoms with van der Waals surface area (Å²) in [6.07, 6.45) is 0.480. The topological polar surface area (TPSA) is 69.6 Å². The van der Waals surface area contributed by atoms with Gasteiger partial charge in [0.15, 0.2) is 11.5 Å². The molecule has 0 bridgehead atoms. The lowest BCUT2D eigenvalue weighted by Crippen LogP contribution is -2.22. The standard InChI is InChI=1S/C16H16BrNO3/c1-10(7-11-5-6-14(19)15(20)8-11)16(21)18-13-4-2-3-12(17)9-13/h2-6,8-10,19-20H,7H2,1H3,(H,18,21). The number of phenols is 2. The third kappa shape index (κ3) is 4.23. The number of nitrogens with one attached hydrogen (secondary N) is 1. The van der Waals surface area contributed by atoms with Crippen LogP contribution >= 0.6 is 15.9 Å². The maximum Gasteiger partial charge on any atom is 0.227 e. The van der Waals surface area contributed by atoms with E-state index in [0.717, 1.165) is 15.7 Å². The Kier molecular flexibility index (Phi) is 4.85. The van der Waals surface area contributed by atoms with Crippen LogP contribution in [0.25, 0.3) is 0 Å². The molecule has 0 aliphatic carbocycles. The van der Waals surface area contributed by atoms with Crippen molar-refractivity contribution in [3.63, 3.8) is 0 Å². The van der Waals surface area contributed by atoms with Gasteiger partial charge in [0.25, 0.3) is 0 Å². The van der Waals surface area contributed by atoms with Gasteiger partial charge in [-0.1, -0.05) is 35.0 Å². The van der Waals surface area contributed by atoms with Crippen molar-refractivity contribution in [3.8, 4) is 11.5 Å². The maximum absolute atomic E-state index is 12.1. The van der Waals surface area contributed by atoms with Crippen LogP contribution in [0, 0.1) is 5.92 Å². The van der Waals surface area contributed by atoms with E-state index >= 15 is 0 Å². The molecule has 1 amide bonds. The Morgan fingerprint density at radius 3 is 2.62 bits per heavy atom. The van der Waals surface area contributed by atoms with Crippen molar-refractivity contribution in [1.29, 1.82) is 0 Å². The highest BCUT2D eigenvalue weighted by Crippen LogP contribution is 2.26. The summed E-state index contributed by atoms with van der Waals surface area (Å²) in [7, 11) is 0. The molecule has 0 saturated carbocycles. The SMILES string of the molecule is CC(Cc1ccc(O)c(O)c1)C(=O)Nc1cccc(Br)c1. The number of amides is 1. The van der Waals surface area contributed by atoms with Gasteiger partial charge in [-0.25, -0.2) is 0 Å². The van der Waals surface area contributed by atoms with Gasteiger partial charge in [-0.2, -0.15) is 0 Å². The monoisotopic (exact) mass is 349 g/mol. The summed E-state index contributed by atoms with van der Waals surface area (Å²) >= 11 is 3.35. The first kappa shape index (κ1) is 15.4. The Morgan fingerprint density at radius 2 is 1.95 bits per heavy atom. The maximum atomic E-state index is 12.1. The molecule has 1 atom stereocenters. The zero-order valence-corrected chi connectivity index (χ0v) is 13.1. The number of benzene rings is 2.